The Labute approximate surface area is 332 Å². The quantitative estimate of drug-likeness (QED) is 0.0531. The molecule has 4 aliphatic rings. The number of benzene rings is 3. The zero-order chi connectivity index (χ0) is 39.0. The maximum atomic E-state index is 13.7. The van der Waals surface area contributed by atoms with Gasteiger partial charge in [0.25, 0.3) is 0 Å². The third-order valence-electron chi connectivity index (χ3n) is 11.0. The van der Waals surface area contributed by atoms with Crippen LogP contribution in [0.25, 0.3) is 5.57 Å². The predicted molar refractivity (Wildman–Crippen MR) is 224 cm³/mol. The van der Waals surface area contributed by atoms with Crippen LogP contribution in [0.5, 0.6) is 11.5 Å². The van der Waals surface area contributed by atoms with Crippen LogP contribution in [-0.2, 0) is 14.3 Å². The summed E-state index contributed by atoms with van der Waals surface area (Å²) < 4.78 is 24.7. The van der Waals surface area contributed by atoms with Crippen molar-refractivity contribution in [2.45, 2.75) is 103 Å². The third kappa shape index (κ3) is 9.54. The molecule has 0 amide bonds. The minimum Gasteiger partial charge on any atom is -0.506 e. The summed E-state index contributed by atoms with van der Waals surface area (Å²) in [5.41, 5.74) is 6.38. The van der Waals surface area contributed by atoms with Crippen LogP contribution in [0.4, 0.5) is 17.1 Å². The van der Waals surface area contributed by atoms with Crippen molar-refractivity contribution in [1.82, 2.24) is 0 Å². The fourth-order valence-corrected chi connectivity index (χ4v) is 7.58. The van der Waals surface area contributed by atoms with Crippen molar-refractivity contribution in [3.63, 3.8) is 0 Å². The van der Waals surface area contributed by atoms with Crippen molar-refractivity contribution < 1.29 is 33.4 Å². The molecule has 1 N–H and O–H groups in total. The van der Waals surface area contributed by atoms with E-state index in [1.54, 1.807) is 0 Å². The lowest BCUT2D eigenvalue weighted by Gasteiger charge is -2.32. The van der Waals surface area contributed by atoms with Crippen LogP contribution < -0.4 is 14.4 Å². The van der Waals surface area contributed by atoms with E-state index in [-0.39, 0.29) is 35.8 Å². The second-order valence-electron chi connectivity index (χ2n) is 15.5. The molecule has 0 aromatic heterocycles. The Morgan fingerprint density at radius 3 is 1.75 bits per heavy atom. The molecule has 8 heteroatoms. The van der Waals surface area contributed by atoms with Gasteiger partial charge in [0.05, 0.1) is 24.4 Å². The first-order valence-corrected chi connectivity index (χ1v) is 20.7. The Bertz CT molecular complexity index is 1960. The Morgan fingerprint density at radius 2 is 1.23 bits per heavy atom. The van der Waals surface area contributed by atoms with Crippen molar-refractivity contribution >= 4 is 34.1 Å². The molecule has 0 bridgehead atoms. The number of hydrogen-bond acceptors (Lipinski definition) is 7. The van der Waals surface area contributed by atoms with Crippen LogP contribution in [-0.4, -0.2) is 71.9 Å². The van der Waals surface area contributed by atoms with Crippen LogP contribution >= 0.6 is 0 Å². The van der Waals surface area contributed by atoms with E-state index in [4.69, 9.17) is 18.9 Å². The van der Waals surface area contributed by atoms with E-state index in [9.17, 15) is 9.90 Å². The molecular weight excluding hydrogens is 701 g/mol. The van der Waals surface area contributed by atoms with Gasteiger partial charge >= 0.3 is 0 Å². The number of ether oxygens (including phenoxy) is 4. The number of unbranched alkanes of at least 4 members (excludes halogenated alkanes) is 4. The molecule has 3 aromatic rings. The van der Waals surface area contributed by atoms with E-state index < -0.39 is 0 Å². The minimum absolute atomic E-state index is 0.0458. The fraction of sp³-hybridized carbons (Fsp3) is 0.417. The Morgan fingerprint density at radius 1 is 0.714 bits per heavy atom. The van der Waals surface area contributed by atoms with Crippen LogP contribution in [0.15, 0.2) is 114 Å². The molecule has 2 aliphatic heterocycles. The van der Waals surface area contributed by atoms with Crippen molar-refractivity contribution in [1.29, 1.82) is 0 Å². The summed E-state index contributed by atoms with van der Waals surface area (Å²) in [5.74, 6) is 1.56. The number of ketones is 1. The first-order valence-electron chi connectivity index (χ1n) is 20.7. The lowest BCUT2D eigenvalue weighted by atomic mass is 9.80. The normalized spacial score (nSPS) is 19.5. The molecule has 7 rings (SSSR count). The molecule has 4 atom stereocenters. The van der Waals surface area contributed by atoms with Gasteiger partial charge in [0.2, 0.25) is 17.2 Å². The van der Waals surface area contributed by atoms with Gasteiger partial charge in [0.15, 0.2) is 6.04 Å². The number of carbonyl (C=O) groups excluding carboxylic acids is 1. The number of allylic oxidation sites excluding steroid dienone is 7. The number of rotatable bonds is 20. The first-order chi connectivity index (χ1) is 27.3. The van der Waals surface area contributed by atoms with Crippen molar-refractivity contribution in [2.75, 3.05) is 31.3 Å². The number of anilines is 2. The fourth-order valence-electron chi connectivity index (χ4n) is 7.58. The molecule has 8 nitrogen and oxygen atoms in total. The molecule has 0 spiro atoms. The summed E-state index contributed by atoms with van der Waals surface area (Å²) in [5, 5.41) is 11.4. The summed E-state index contributed by atoms with van der Waals surface area (Å²) in [4.78, 5) is 16.1. The number of aliphatic hydroxyl groups is 1. The second-order valence-corrected chi connectivity index (χ2v) is 15.5. The molecule has 56 heavy (non-hydrogen) atoms. The smallest absolute Gasteiger partial charge is 0.206 e. The van der Waals surface area contributed by atoms with Crippen LogP contribution in [0.1, 0.15) is 84.6 Å². The Hall–Kier alpha value is -4.92. The van der Waals surface area contributed by atoms with Gasteiger partial charge in [-0.25, -0.2) is 0 Å². The van der Waals surface area contributed by atoms with Crippen LogP contribution in [0, 0.1) is 0 Å². The van der Waals surface area contributed by atoms with Gasteiger partial charge in [-0.3, -0.25) is 4.79 Å². The number of carbonyl (C=O) groups is 1. The maximum absolute atomic E-state index is 13.7. The Balaban J connectivity index is 1.10. The van der Waals surface area contributed by atoms with E-state index in [0.29, 0.717) is 35.5 Å². The van der Waals surface area contributed by atoms with Gasteiger partial charge < -0.3 is 29.0 Å². The molecular formula is C48H57N2O6+. The number of epoxide rings is 2. The lowest BCUT2D eigenvalue weighted by molar-refractivity contribution is -0.480. The summed E-state index contributed by atoms with van der Waals surface area (Å²) in [7, 11) is 0. The molecule has 294 valence electrons. The van der Waals surface area contributed by atoms with Crippen molar-refractivity contribution in [3.8, 4) is 11.5 Å². The topological polar surface area (TPSA) is 87.1 Å². The van der Waals surface area contributed by atoms with Gasteiger partial charge in [-0.2, -0.15) is 4.58 Å². The summed E-state index contributed by atoms with van der Waals surface area (Å²) in [6.07, 6.45) is 17.6. The standard InChI is InChI=1S/C48H56N2O6/c1-5-7-9-11-33(3)49(39-21-25-41(26-22-39)53-29-43-31-55-43)37-17-13-35(14-18-37)45-47(51)46(48(45)52)36-15-19-38(20-16-36)50(34(4)12-10-8-6-2)40-23-27-42(28-24-40)54-30-44-32-56-44/h13-28,33-34,43-44H,5-12,29-32H2,1-4H3/p+1. The van der Waals surface area contributed by atoms with Gasteiger partial charge in [-0.1, -0.05) is 58.1 Å². The average Bonchev–Trinajstić information content (AvgIpc) is 4.16. The van der Waals surface area contributed by atoms with Gasteiger partial charge in [0.1, 0.15) is 42.7 Å². The highest BCUT2D eigenvalue weighted by molar-refractivity contribution is 6.39. The lowest BCUT2D eigenvalue weighted by Crippen LogP contribution is -2.28. The second kappa shape index (κ2) is 18.4. The van der Waals surface area contributed by atoms with E-state index in [1.807, 2.05) is 48.6 Å². The largest absolute Gasteiger partial charge is 0.506 e. The van der Waals surface area contributed by atoms with Crippen LogP contribution in [0.2, 0.25) is 0 Å². The molecule has 0 radical (unpaired) electrons. The van der Waals surface area contributed by atoms with Crippen molar-refractivity contribution in [2.24, 2.45) is 0 Å². The zero-order valence-electron chi connectivity index (χ0n) is 33.4. The van der Waals surface area contributed by atoms with E-state index in [2.05, 4.69) is 85.7 Å². The number of aliphatic hydroxyl groups excluding tert-OH is 1. The first kappa shape index (κ1) is 39.3. The Kier molecular flexibility index (Phi) is 12.9. The summed E-state index contributed by atoms with van der Waals surface area (Å²) >= 11 is 0. The number of nitrogens with zero attached hydrogens (tertiary/aromatic N) is 2. The summed E-state index contributed by atoms with van der Waals surface area (Å²) in [6.45, 7) is 11.7. The highest BCUT2D eigenvalue weighted by Crippen LogP contribution is 2.40. The minimum atomic E-state index is -0.142. The van der Waals surface area contributed by atoms with Gasteiger partial charge in [-0.05, 0) is 98.5 Å². The van der Waals surface area contributed by atoms with Gasteiger partial charge in [-0.15, -0.1) is 0 Å². The number of Topliss-reactive ketones (excluding diaryl/α,β-unsaturated/α-hetero) is 1. The zero-order valence-corrected chi connectivity index (χ0v) is 33.4. The highest BCUT2D eigenvalue weighted by Gasteiger charge is 2.37. The molecule has 2 aliphatic carbocycles. The van der Waals surface area contributed by atoms with Crippen molar-refractivity contribution in [3.05, 3.63) is 120 Å². The molecule has 2 heterocycles. The van der Waals surface area contributed by atoms with Crippen LogP contribution in [0.3, 0.4) is 0 Å². The molecule has 2 fully saturated rings. The molecule has 2 saturated heterocycles. The maximum Gasteiger partial charge on any atom is 0.206 e. The summed E-state index contributed by atoms with van der Waals surface area (Å²) in [6, 6.07) is 25.0. The van der Waals surface area contributed by atoms with E-state index >= 15 is 0 Å². The molecule has 3 aromatic carbocycles. The highest BCUT2D eigenvalue weighted by atomic mass is 16.6. The van der Waals surface area contributed by atoms with Gasteiger partial charge in [0, 0.05) is 48.1 Å². The average molecular weight is 758 g/mol. The molecule has 4 unspecified atom stereocenters. The van der Waals surface area contributed by atoms with E-state index in [0.717, 1.165) is 73.2 Å². The third-order valence-corrected chi connectivity index (χ3v) is 11.0. The number of hydrogen-bond donors (Lipinski definition) is 1. The predicted octanol–water partition coefficient (Wildman–Crippen LogP) is 10.4. The molecule has 0 saturated carbocycles. The van der Waals surface area contributed by atoms with E-state index in [1.165, 1.54) is 25.7 Å². The monoisotopic (exact) mass is 757 g/mol. The SMILES string of the molecule is CCCCCC(C)N(c1ccc(OCC2CO2)cc1)c1ccc(C2=C(O)C(=C3C=CC(=[N+](c4ccc(OCC5CO5)cc4)C(C)CCCCC)C=C3)C2=O)cc1.